The molecular formula is C13H10ClF2N. The van der Waals surface area contributed by atoms with E-state index in [4.69, 9.17) is 11.6 Å². The van der Waals surface area contributed by atoms with Gasteiger partial charge in [0.2, 0.25) is 0 Å². The largest absolute Gasteiger partial charge is 0.265 e. The van der Waals surface area contributed by atoms with Gasteiger partial charge < -0.3 is 0 Å². The van der Waals surface area contributed by atoms with Gasteiger partial charge >= 0.3 is 0 Å². The highest BCUT2D eigenvalue weighted by molar-refractivity contribution is 6.17. The molecule has 0 aliphatic rings. The number of hydrogen-bond acceptors (Lipinski definition) is 1. The summed E-state index contributed by atoms with van der Waals surface area (Å²) in [6.45, 7) is 0. The average Bonchev–Trinajstić information content (AvgIpc) is 2.39. The third-order valence-corrected chi connectivity index (χ3v) is 2.75. The Hall–Kier alpha value is -1.48. The Morgan fingerprint density at radius 1 is 1.06 bits per heavy atom. The third kappa shape index (κ3) is 2.80. The number of rotatable bonds is 3. The summed E-state index contributed by atoms with van der Waals surface area (Å²) < 4.78 is 24.7. The molecule has 1 heterocycles. The quantitative estimate of drug-likeness (QED) is 0.738. The first-order chi connectivity index (χ1) is 8.20. The molecule has 0 unspecified atom stereocenters. The fourth-order valence-corrected chi connectivity index (χ4v) is 1.65. The number of hydrogen-bond donors (Lipinski definition) is 0. The van der Waals surface area contributed by atoms with Crippen LogP contribution in [0.5, 0.6) is 0 Å². The normalized spacial score (nSPS) is 10.8. The minimum Gasteiger partial charge on any atom is -0.256 e. The molecule has 0 radical (unpaired) electrons. The van der Waals surface area contributed by atoms with Crippen LogP contribution in [0.4, 0.5) is 8.78 Å². The van der Waals surface area contributed by atoms with Crippen molar-refractivity contribution in [2.24, 2.45) is 0 Å². The van der Waals surface area contributed by atoms with Crippen LogP contribution in [0.15, 0.2) is 42.6 Å². The van der Waals surface area contributed by atoms with Crippen molar-refractivity contribution in [3.63, 3.8) is 0 Å². The van der Waals surface area contributed by atoms with Crippen molar-refractivity contribution in [3.8, 4) is 11.3 Å². The van der Waals surface area contributed by atoms with Gasteiger partial charge in [0.1, 0.15) is 0 Å². The molecule has 0 saturated heterocycles. The molecule has 0 amide bonds. The maximum Gasteiger partial charge on any atom is 0.265 e. The molecule has 1 nitrogen and oxygen atoms in total. The van der Waals surface area contributed by atoms with Crippen LogP contribution in [-0.4, -0.2) is 4.98 Å². The highest BCUT2D eigenvalue weighted by atomic mass is 35.5. The average molecular weight is 254 g/mol. The lowest BCUT2D eigenvalue weighted by Crippen LogP contribution is -1.88. The van der Waals surface area contributed by atoms with E-state index >= 15 is 0 Å². The summed E-state index contributed by atoms with van der Waals surface area (Å²) in [6, 6.07) is 10.5. The van der Waals surface area contributed by atoms with Gasteiger partial charge in [-0.25, -0.2) is 8.78 Å². The monoisotopic (exact) mass is 253 g/mol. The number of alkyl halides is 3. The van der Waals surface area contributed by atoms with E-state index in [0.29, 0.717) is 11.6 Å². The molecule has 0 aliphatic carbocycles. The topological polar surface area (TPSA) is 12.9 Å². The van der Waals surface area contributed by atoms with Crippen LogP contribution >= 0.6 is 11.6 Å². The Morgan fingerprint density at radius 2 is 1.76 bits per heavy atom. The van der Waals surface area contributed by atoms with E-state index in [0.717, 1.165) is 11.1 Å². The van der Waals surface area contributed by atoms with Crippen LogP contribution in [0.1, 0.15) is 17.6 Å². The molecule has 0 saturated carbocycles. The third-order valence-electron chi connectivity index (χ3n) is 2.44. The number of aromatic nitrogens is 1. The van der Waals surface area contributed by atoms with Crippen molar-refractivity contribution < 1.29 is 8.78 Å². The minimum atomic E-state index is -2.48. The Bertz CT molecular complexity index is 480. The predicted molar refractivity (Wildman–Crippen MR) is 64.2 cm³/mol. The Kier molecular flexibility index (Phi) is 3.69. The van der Waals surface area contributed by atoms with Crippen LogP contribution in [0, 0.1) is 0 Å². The highest BCUT2D eigenvalue weighted by Gasteiger charge is 2.07. The lowest BCUT2D eigenvalue weighted by Gasteiger charge is -2.03. The Balaban J connectivity index is 2.26. The predicted octanol–water partition coefficient (Wildman–Crippen LogP) is 4.43. The van der Waals surface area contributed by atoms with Crippen molar-refractivity contribution >= 4 is 11.6 Å². The summed E-state index contributed by atoms with van der Waals surface area (Å²) in [4.78, 5) is 4.01. The van der Waals surface area contributed by atoms with Gasteiger partial charge in [-0.3, -0.25) is 4.98 Å². The lowest BCUT2D eigenvalue weighted by molar-refractivity contribution is 0.151. The van der Waals surface area contributed by atoms with Crippen LogP contribution in [0.2, 0.25) is 0 Å². The zero-order valence-electron chi connectivity index (χ0n) is 8.91. The van der Waals surface area contributed by atoms with Gasteiger partial charge in [0.15, 0.2) is 0 Å². The van der Waals surface area contributed by atoms with Crippen LogP contribution in [0.3, 0.4) is 0 Å². The van der Waals surface area contributed by atoms with Gasteiger partial charge in [0.25, 0.3) is 6.43 Å². The Morgan fingerprint density at radius 3 is 2.24 bits per heavy atom. The van der Waals surface area contributed by atoms with Gasteiger partial charge in [-0.05, 0) is 17.7 Å². The molecule has 1 aromatic carbocycles. The molecule has 2 rings (SSSR count). The van der Waals surface area contributed by atoms with Gasteiger partial charge in [-0.15, -0.1) is 11.6 Å². The standard InChI is InChI=1S/C13H10ClF2N/c14-7-9-1-3-10(4-2-9)12-6-5-11(8-17-12)13(15)16/h1-6,8,13H,7H2. The molecule has 17 heavy (non-hydrogen) atoms. The number of nitrogens with zero attached hydrogens (tertiary/aromatic N) is 1. The second-order valence-corrected chi connectivity index (χ2v) is 3.88. The second kappa shape index (κ2) is 5.23. The molecule has 0 atom stereocenters. The molecule has 0 aliphatic heterocycles. The molecule has 0 fully saturated rings. The van der Waals surface area contributed by atoms with Gasteiger partial charge in [-0.1, -0.05) is 24.3 Å². The minimum absolute atomic E-state index is 0.0638. The van der Waals surface area contributed by atoms with E-state index in [1.807, 2.05) is 24.3 Å². The van der Waals surface area contributed by atoms with E-state index in [1.165, 1.54) is 12.3 Å². The summed E-state index contributed by atoms with van der Waals surface area (Å²) in [5.74, 6) is 0.456. The first-order valence-corrected chi connectivity index (χ1v) is 5.63. The summed E-state index contributed by atoms with van der Waals surface area (Å²) in [5.41, 5.74) is 2.51. The van der Waals surface area contributed by atoms with Crippen LogP contribution in [0.25, 0.3) is 11.3 Å². The van der Waals surface area contributed by atoms with Crippen molar-refractivity contribution in [1.29, 1.82) is 0 Å². The molecule has 2 aromatic rings. The first-order valence-electron chi connectivity index (χ1n) is 5.10. The summed E-state index contributed by atoms with van der Waals surface area (Å²) in [5, 5.41) is 0. The highest BCUT2D eigenvalue weighted by Crippen LogP contribution is 2.22. The van der Waals surface area contributed by atoms with E-state index < -0.39 is 6.43 Å². The van der Waals surface area contributed by atoms with Gasteiger partial charge in [-0.2, -0.15) is 0 Å². The maximum absolute atomic E-state index is 12.3. The summed E-state index contributed by atoms with van der Waals surface area (Å²) >= 11 is 5.68. The van der Waals surface area contributed by atoms with E-state index in [-0.39, 0.29) is 5.56 Å². The fourth-order valence-electron chi connectivity index (χ4n) is 1.47. The SMILES string of the molecule is FC(F)c1ccc(-c2ccc(CCl)cc2)nc1. The van der Waals surface area contributed by atoms with Gasteiger partial charge in [0.05, 0.1) is 5.69 Å². The number of pyridine rings is 1. The molecule has 0 spiro atoms. The first kappa shape index (κ1) is 12.0. The van der Waals surface area contributed by atoms with Crippen molar-refractivity contribution in [3.05, 3.63) is 53.7 Å². The fraction of sp³-hybridized carbons (Fsp3) is 0.154. The molecule has 4 heteroatoms. The maximum atomic E-state index is 12.3. The zero-order chi connectivity index (χ0) is 12.3. The molecule has 88 valence electrons. The zero-order valence-corrected chi connectivity index (χ0v) is 9.66. The van der Waals surface area contributed by atoms with Gasteiger partial charge in [0, 0.05) is 23.2 Å². The second-order valence-electron chi connectivity index (χ2n) is 3.61. The Labute approximate surface area is 103 Å². The summed E-state index contributed by atoms with van der Waals surface area (Å²) in [6.07, 6.45) is -1.27. The van der Waals surface area contributed by atoms with E-state index in [2.05, 4.69) is 4.98 Å². The molecular weight excluding hydrogens is 244 g/mol. The number of halogens is 3. The van der Waals surface area contributed by atoms with E-state index in [9.17, 15) is 8.78 Å². The van der Waals surface area contributed by atoms with Crippen LogP contribution in [-0.2, 0) is 5.88 Å². The molecule has 0 N–H and O–H groups in total. The number of benzene rings is 1. The van der Waals surface area contributed by atoms with Crippen LogP contribution < -0.4 is 0 Å². The van der Waals surface area contributed by atoms with Crippen molar-refractivity contribution in [1.82, 2.24) is 4.98 Å². The van der Waals surface area contributed by atoms with Crippen molar-refractivity contribution in [2.45, 2.75) is 12.3 Å². The molecule has 1 aromatic heterocycles. The lowest BCUT2D eigenvalue weighted by atomic mass is 10.1. The van der Waals surface area contributed by atoms with E-state index in [1.54, 1.807) is 6.07 Å². The summed E-state index contributed by atoms with van der Waals surface area (Å²) in [7, 11) is 0. The molecule has 0 bridgehead atoms. The van der Waals surface area contributed by atoms with Crippen molar-refractivity contribution in [2.75, 3.05) is 0 Å². The smallest absolute Gasteiger partial charge is 0.256 e.